The first-order valence-electron chi connectivity index (χ1n) is 5.47. The van der Waals surface area contributed by atoms with Crippen LogP contribution in [-0.4, -0.2) is 14.6 Å². The van der Waals surface area contributed by atoms with Crippen molar-refractivity contribution in [3.8, 4) is 0 Å². The van der Waals surface area contributed by atoms with Crippen molar-refractivity contribution in [3.05, 3.63) is 59.7 Å². The Hall–Kier alpha value is -1.94. The van der Waals surface area contributed by atoms with Crippen LogP contribution in [0.2, 0.25) is 0 Å². The molecule has 0 bridgehead atoms. The van der Waals surface area contributed by atoms with E-state index in [1.807, 2.05) is 6.92 Å². The van der Waals surface area contributed by atoms with Crippen LogP contribution in [0.15, 0.2) is 58.3 Å². The molecule has 0 unspecified atom stereocenters. The van der Waals surface area contributed by atoms with Crippen molar-refractivity contribution in [1.82, 2.24) is 0 Å². The van der Waals surface area contributed by atoms with Crippen molar-refractivity contribution in [2.45, 2.75) is 16.7 Å². The Kier molecular flexibility index (Phi) is 3.30. The highest BCUT2D eigenvalue weighted by Gasteiger charge is 2.19. The molecule has 2 rings (SSSR count). The average Bonchev–Trinajstić information content (AvgIpc) is 2.39. The largest absolute Gasteiger partial charge is 0.308 e. The van der Waals surface area contributed by atoms with E-state index in [0.29, 0.717) is 5.56 Å². The van der Waals surface area contributed by atoms with Gasteiger partial charge in [-0.2, -0.15) is 0 Å². The van der Waals surface area contributed by atoms with Crippen LogP contribution >= 0.6 is 0 Å². The number of aryl methyl sites for hydroxylation is 1. The summed E-state index contributed by atoms with van der Waals surface area (Å²) in [5.74, 6) is 0. The third kappa shape index (κ3) is 2.19. The molecular weight excluding hydrogens is 246 g/mol. The molecule has 3 nitrogen and oxygen atoms in total. The van der Waals surface area contributed by atoms with E-state index in [4.69, 9.17) is 5.41 Å². The summed E-state index contributed by atoms with van der Waals surface area (Å²) in [6.07, 6.45) is 1.06. The molecule has 0 saturated carbocycles. The van der Waals surface area contributed by atoms with Gasteiger partial charge in [0.25, 0.3) is 0 Å². The van der Waals surface area contributed by atoms with Gasteiger partial charge in [-0.25, -0.2) is 8.42 Å². The number of hydrogen-bond acceptors (Lipinski definition) is 3. The molecule has 0 atom stereocenters. The summed E-state index contributed by atoms with van der Waals surface area (Å²) in [7, 11) is -3.55. The lowest BCUT2D eigenvalue weighted by Gasteiger charge is -2.07. The minimum atomic E-state index is -3.55. The van der Waals surface area contributed by atoms with E-state index in [1.165, 1.54) is 6.07 Å². The maximum Gasteiger partial charge on any atom is 0.207 e. The minimum Gasteiger partial charge on any atom is -0.308 e. The Morgan fingerprint density at radius 2 is 1.61 bits per heavy atom. The fraction of sp³-hybridized carbons (Fsp3) is 0.0714. The Morgan fingerprint density at radius 3 is 2.22 bits per heavy atom. The quantitative estimate of drug-likeness (QED) is 0.862. The molecule has 2 aromatic rings. The maximum atomic E-state index is 12.4. The van der Waals surface area contributed by atoms with E-state index in [0.717, 1.165) is 11.8 Å². The molecule has 0 aliphatic heterocycles. The van der Waals surface area contributed by atoms with Gasteiger partial charge < -0.3 is 5.41 Å². The van der Waals surface area contributed by atoms with Crippen LogP contribution in [0.5, 0.6) is 0 Å². The molecule has 0 spiro atoms. The van der Waals surface area contributed by atoms with Crippen molar-refractivity contribution >= 4 is 16.1 Å². The monoisotopic (exact) mass is 259 g/mol. The van der Waals surface area contributed by atoms with E-state index < -0.39 is 9.84 Å². The molecule has 0 amide bonds. The molecule has 2 aromatic carbocycles. The summed E-state index contributed by atoms with van der Waals surface area (Å²) in [5.41, 5.74) is 1.41. The van der Waals surface area contributed by atoms with Gasteiger partial charge in [0.15, 0.2) is 0 Å². The summed E-state index contributed by atoms with van der Waals surface area (Å²) in [4.78, 5) is 0.422. The number of benzene rings is 2. The average molecular weight is 259 g/mol. The zero-order valence-electron chi connectivity index (χ0n) is 9.92. The highest BCUT2D eigenvalue weighted by atomic mass is 32.2. The SMILES string of the molecule is Cc1ccc(S(=O)(=O)c2ccccc2C=N)cc1. The third-order valence-corrected chi connectivity index (χ3v) is 4.54. The normalized spacial score (nSPS) is 11.2. The first-order valence-corrected chi connectivity index (χ1v) is 6.95. The van der Waals surface area contributed by atoms with Crippen LogP contribution in [0.4, 0.5) is 0 Å². The Balaban J connectivity index is 2.61. The van der Waals surface area contributed by atoms with Crippen LogP contribution in [0.1, 0.15) is 11.1 Å². The molecule has 1 N–H and O–H groups in total. The van der Waals surface area contributed by atoms with Gasteiger partial charge in [-0.15, -0.1) is 0 Å². The van der Waals surface area contributed by atoms with Crippen LogP contribution < -0.4 is 0 Å². The lowest BCUT2D eigenvalue weighted by Crippen LogP contribution is -2.05. The number of sulfone groups is 1. The molecule has 4 heteroatoms. The first-order chi connectivity index (χ1) is 8.55. The summed E-state index contributed by atoms with van der Waals surface area (Å²) in [6, 6.07) is 13.2. The molecule has 0 heterocycles. The van der Waals surface area contributed by atoms with Crippen molar-refractivity contribution in [1.29, 1.82) is 5.41 Å². The number of hydrogen-bond donors (Lipinski definition) is 1. The Bertz CT molecular complexity index is 673. The second-order valence-corrected chi connectivity index (χ2v) is 5.92. The molecule has 0 radical (unpaired) electrons. The topological polar surface area (TPSA) is 58.0 Å². The molecule has 18 heavy (non-hydrogen) atoms. The first kappa shape index (κ1) is 12.5. The number of nitrogens with one attached hydrogen (secondary N) is 1. The van der Waals surface area contributed by atoms with Crippen molar-refractivity contribution in [3.63, 3.8) is 0 Å². The van der Waals surface area contributed by atoms with E-state index in [9.17, 15) is 8.42 Å². The van der Waals surface area contributed by atoms with Crippen LogP contribution in [-0.2, 0) is 9.84 Å². The highest BCUT2D eigenvalue weighted by Crippen LogP contribution is 2.23. The second-order valence-electron chi connectivity index (χ2n) is 4.00. The lowest BCUT2D eigenvalue weighted by molar-refractivity contribution is 0.596. The molecule has 92 valence electrons. The molecule has 0 aliphatic rings. The molecule has 0 aromatic heterocycles. The van der Waals surface area contributed by atoms with Crippen molar-refractivity contribution in [2.75, 3.05) is 0 Å². The van der Waals surface area contributed by atoms with Gasteiger partial charge in [0.2, 0.25) is 9.84 Å². The molecule has 0 aliphatic carbocycles. The van der Waals surface area contributed by atoms with Gasteiger partial charge in [-0.1, -0.05) is 35.9 Å². The van der Waals surface area contributed by atoms with Crippen molar-refractivity contribution in [2.24, 2.45) is 0 Å². The van der Waals surface area contributed by atoms with Crippen LogP contribution in [0.3, 0.4) is 0 Å². The molecular formula is C14H13NO2S. The number of rotatable bonds is 3. The smallest absolute Gasteiger partial charge is 0.207 e. The van der Waals surface area contributed by atoms with Gasteiger partial charge in [0.1, 0.15) is 0 Å². The van der Waals surface area contributed by atoms with E-state index in [-0.39, 0.29) is 9.79 Å². The van der Waals surface area contributed by atoms with Gasteiger partial charge in [0, 0.05) is 11.8 Å². The van der Waals surface area contributed by atoms with Gasteiger partial charge in [-0.05, 0) is 25.1 Å². The zero-order chi connectivity index (χ0) is 13.2. The fourth-order valence-electron chi connectivity index (χ4n) is 1.69. The standard InChI is InChI=1S/C14H13NO2S/c1-11-6-8-13(9-7-11)18(16,17)14-5-3-2-4-12(14)10-15/h2-10,15H,1H3. The zero-order valence-corrected chi connectivity index (χ0v) is 10.7. The summed E-state index contributed by atoms with van der Waals surface area (Å²) >= 11 is 0. The highest BCUT2D eigenvalue weighted by molar-refractivity contribution is 7.91. The van der Waals surface area contributed by atoms with Crippen molar-refractivity contribution < 1.29 is 8.42 Å². The Morgan fingerprint density at radius 1 is 1.00 bits per heavy atom. The second kappa shape index (κ2) is 4.74. The maximum absolute atomic E-state index is 12.4. The molecule has 0 fully saturated rings. The lowest BCUT2D eigenvalue weighted by atomic mass is 10.2. The van der Waals surface area contributed by atoms with Gasteiger partial charge in [-0.3, -0.25) is 0 Å². The predicted octanol–water partition coefficient (Wildman–Crippen LogP) is 2.83. The summed E-state index contributed by atoms with van der Waals surface area (Å²) < 4.78 is 24.8. The summed E-state index contributed by atoms with van der Waals surface area (Å²) in [6.45, 7) is 1.90. The predicted molar refractivity (Wildman–Crippen MR) is 71.0 cm³/mol. The Labute approximate surface area is 107 Å². The minimum absolute atomic E-state index is 0.170. The van der Waals surface area contributed by atoms with E-state index in [2.05, 4.69) is 0 Å². The van der Waals surface area contributed by atoms with E-state index in [1.54, 1.807) is 42.5 Å². The molecule has 0 saturated heterocycles. The van der Waals surface area contributed by atoms with Gasteiger partial charge >= 0.3 is 0 Å². The fourth-order valence-corrected chi connectivity index (χ4v) is 3.13. The van der Waals surface area contributed by atoms with E-state index >= 15 is 0 Å². The van der Waals surface area contributed by atoms with Crippen LogP contribution in [0, 0.1) is 12.3 Å². The summed E-state index contributed by atoms with van der Waals surface area (Å²) in [5, 5.41) is 7.27. The van der Waals surface area contributed by atoms with Crippen LogP contribution in [0.25, 0.3) is 0 Å². The van der Waals surface area contributed by atoms with Gasteiger partial charge in [0.05, 0.1) is 9.79 Å². The third-order valence-electron chi connectivity index (χ3n) is 2.70.